The molecule has 4 heteroatoms. The Morgan fingerprint density at radius 2 is 2.19 bits per heavy atom. The first kappa shape index (κ1) is 15.8. The van der Waals surface area contributed by atoms with Crippen molar-refractivity contribution in [2.45, 2.75) is 45.1 Å². The molecule has 1 aromatic rings. The van der Waals surface area contributed by atoms with Gasteiger partial charge in [-0.3, -0.25) is 4.79 Å². The van der Waals surface area contributed by atoms with Gasteiger partial charge >= 0.3 is 0 Å². The van der Waals surface area contributed by atoms with Gasteiger partial charge in [0.1, 0.15) is 5.75 Å². The molecule has 1 aromatic carbocycles. The average molecular weight is 291 g/mol. The number of nitrogens with one attached hydrogen (secondary N) is 1. The highest BCUT2D eigenvalue weighted by molar-refractivity contribution is 5.77. The molecule has 0 radical (unpaired) electrons. The molecule has 0 aromatic heterocycles. The van der Waals surface area contributed by atoms with E-state index < -0.39 is 0 Å². The van der Waals surface area contributed by atoms with E-state index in [1.165, 1.54) is 0 Å². The largest absolute Gasteiger partial charge is 0.483 e. The van der Waals surface area contributed by atoms with Crippen LogP contribution in [0.2, 0.25) is 0 Å². The quantitative estimate of drug-likeness (QED) is 0.845. The van der Waals surface area contributed by atoms with Crippen molar-refractivity contribution in [2.24, 2.45) is 5.92 Å². The fourth-order valence-electron chi connectivity index (χ4n) is 2.84. The third-order valence-corrected chi connectivity index (χ3v) is 4.06. The van der Waals surface area contributed by atoms with Crippen LogP contribution in [0, 0.1) is 5.92 Å². The number of para-hydroxylation sites is 1. The minimum Gasteiger partial charge on any atom is -0.483 e. The number of aryl methyl sites for hydroxylation is 1. The van der Waals surface area contributed by atoms with Crippen LogP contribution in [0.15, 0.2) is 24.3 Å². The summed E-state index contributed by atoms with van der Waals surface area (Å²) in [5.74, 6) is 1.07. The van der Waals surface area contributed by atoms with E-state index in [1.54, 1.807) is 0 Å². The molecule has 1 aliphatic rings. The van der Waals surface area contributed by atoms with Crippen LogP contribution in [0.1, 0.15) is 38.2 Å². The van der Waals surface area contributed by atoms with Crippen molar-refractivity contribution in [1.29, 1.82) is 0 Å². The molecule has 0 aliphatic heterocycles. The number of hydrogen-bond acceptors (Lipinski definition) is 3. The Kier molecular flexibility index (Phi) is 6.05. The molecule has 0 spiro atoms. The topological polar surface area (TPSA) is 58.6 Å². The average Bonchev–Trinajstić information content (AvgIpc) is 2.51. The van der Waals surface area contributed by atoms with E-state index in [9.17, 15) is 9.90 Å². The third-order valence-electron chi connectivity index (χ3n) is 4.06. The number of benzene rings is 1. The Morgan fingerprint density at radius 1 is 1.38 bits per heavy atom. The van der Waals surface area contributed by atoms with Crippen molar-refractivity contribution in [3.8, 4) is 5.75 Å². The highest BCUT2D eigenvalue weighted by atomic mass is 16.5. The van der Waals surface area contributed by atoms with E-state index in [0.717, 1.165) is 43.4 Å². The van der Waals surface area contributed by atoms with Crippen LogP contribution in [-0.4, -0.2) is 30.3 Å². The van der Waals surface area contributed by atoms with Gasteiger partial charge in [-0.1, -0.05) is 31.5 Å². The first-order valence-electron chi connectivity index (χ1n) is 7.84. The van der Waals surface area contributed by atoms with E-state index in [1.807, 2.05) is 24.3 Å². The monoisotopic (exact) mass is 291 g/mol. The van der Waals surface area contributed by atoms with E-state index >= 15 is 0 Å². The molecule has 2 atom stereocenters. The number of aliphatic hydroxyl groups is 1. The summed E-state index contributed by atoms with van der Waals surface area (Å²) in [4.78, 5) is 11.8. The van der Waals surface area contributed by atoms with Crippen LogP contribution >= 0.6 is 0 Å². The molecule has 0 heterocycles. The lowest BCUT2D eigenvalue weighted by Gasteiger charge is -2.25. The zero-order chi connectivity index (χ0) is 15.1. The van der Waals surface area contributed by atoms with Crippen LogP contribution < -0.4 is 10.1 Å². The Bertz CT molecular complexity index is 461. The summed E-state index contributed by atoms with van der Waals surface area (Å²) in [5, 5.41) is 12.5. The smallest absolute Gasteiger partial charge is 0.257 e. The van der Waals surface area contributed by atoms with Gasteiger partial charge in [0.05, 0.1) is 6.10 Å². The standard InChI is InChI=1S/C17H25NO3/c1-2-14-7-3-4-9-16(14)21-12-17(20)18-11-13-6-5-8-15(19)10-13/h3-4,7,9,13,15,19H,2,5-6,8,10-12H2,1H3,(H,18,20). The molecule has 1 saturated carbocycles. The first-order chi connectivity index (χ1) is 10.2. The summed E-state index contributed by atoms with van der Waals surface area (Å²) in [6.45, 7) is 2.75. The zero-order valence-electron chi connectivity index (χ0n) is 12.7. The zero-order valence-corrected chi connectivity index (χ0v) is 12.7. The van der Waals surface area contributed by atoms with Crippen molar-refractivity contribution in [3.63, 3.8) is 0 Å². The second-order valence-electron chi connectivity index (χ2n) is 5.74. The van der Waals surface area contributed by atoms with Crippen molar-refractivity contribution >= 4 is 5.91 Å². The number of hydrogen-bond donors (Lipinski definition) is 2. The van der Waals surface area contributed by atoms with Crippen LogP contribution in [0.5, 0.6) is 5.75 Å². The second-order valence-corrected chi connectivity index (χ2v) is 5.74. The molecule has 21 heavy (non-hydrogen) atoms. The van der Waals surface area contributed by atoms with Gasteiger partial charge in [0.2, 0.25) is 0 Å². The Balaban J connectivity index is 1.72. The van der Waals surface area contributed by atoms with Crippen LogP contribution in [0.3, 0.4) is 0 Å². The minimum absolute atomic E-state index is 0.0479. The molecular formula is C17H25NO3. The highest BCUT2D eigenvalue weighted by Gasteiger charge is 2.20. The lowest BCUT2D eigenvalue weighted by atomic mass is 9.87. The molecular weight excluding hydrogens is 266 g/mol. The van der Waals surface area contributed by atoms with Crippen molar-refractivity contribution in [3.05, 3.63) is 29.8 Å². The molecule has 1 fully saturated rings. The maximum atomic E-state index is 11.8. The minimum atomic E-state index is -0.201. The van der Waals surface area contributed by atoms with E-state index in [0.29, 0.717) is 12.5 Å². The number of amides is 1. The normalized spacial score (nSPS) is 21.8. The predicted molar refractivity (Wildman–Crippen MR) is 82.3 cm³/mol. The number of aliphatic hydroxyl groups excluding tert-OH is 1. The van der Waals surface area contributed by atoms with Gasteiger partial charge in [0, 0.05) is 6.54 Å². The summed E-state index contributed by atoms with van der Waals surface area (Å²) < 4.78 is 5.59. The first-order valence-corrected chi connectivity index (χ1v) is 7.84. The van der Waals surface area contributed by atoms with Gasteiger partial charge < -0.3 is 15.2 Å². The molecule has 2 N–H and O–H groups in total. The highest BCUT2D eigenvalue weighted by Crippen LogP contribution is 2.23. The van der Waals surface area contributed by atoms with Crippen molar-refractivity contribution in [2.75, 3.05) is 13.2 Å². The van der Waals surface area contributed by atoms with Crippen LogP contribution in [0.4, 0.5) is 0 Å². The summed E-state index contributed by atoms with van der Waals surface area (Å²) >= 11 is 0. The lowest BCUT2D eigenvalue weighted by molar-refractivity contribution is -0.123. The molecule has 2 unspecified atom stereocenters. The van der Waals surface area contributed by atoms with E-state index in [-0.39, 0.29) is 18.6 Å². The van der Waals surface area contributed by atoms with E-state index in [4.69, 9.17) is 4.74 Å². The predicted octanol–water partition coefficient (Wildman–Crippen LogP) is 2.30. The molecule has 2 rings (SSSR count). The number of ether oxygens (including phenoxy) is 1. The number of carbonyl (C=O) groups is 1. The van der Waals surface area contributed by atoms with Crippen molar-refractivity contribution < 1.29 is 14.6 Å². The number of rotatable bonds is 6. The molecule has 116 valence electrons. The van der Waals surface area contributed by atoms with Gasteiger partial charge in [0.25, 0.3) is 5.91 Å². The summed E-state index contributed by atoms with van der Waals surface area (Å²) in [6, 6.07) is 7.79. The molecule has 4 nitrogen and oxygen atoms in total. The Morgan fingerprint density at radius 3 is 2.95 bits per heavy atom. The Hall–Kier alpha value is -1.55. The SMILES string of the molecule is CCc1ccccc1OCC(=O)NCC1CCCC(O)C1. The summed E-state index contributed by atoms with van der Waals surface area (Å²) in [7, 11) is 0. The lowest BCUT2D eigenvalue weighted by Crippen LogP contribution is -2.35. The van der Waals surface area contributed by atoms with Gasteiger partial charge in [0.15, 0.2) is 6.61 Å². The maximum Gasteiger partial charge on any atom is 0.257 e. The van der Waals surface area contributed by atoms with Crippen LogP contribution in [0.25, 0.3) is 0 Å². The fraction of sp³-hybridized carbons (Fsp3) is 0.588. The van der Waals surface area contributed by atoms with Crippen molar-refractivity contribution in [1.82, 2.24) is 5.32 Å². The second kappa shape index (κ2) is 8.03. The molecule has 1 amide bonds. The van der Waals surface area contributed by atoms with Crippen LogP contribution in [-0.2, 0) is 11.2 Å². The maximum absolute atomic E-state index is 11.8. The Labute approximate surface area is 126 Å². The summed E-state index contributed by atoms with van der Waals surface area (Å²) in [5.41, 5.74) is 1.11. The fourth-order valence-corrected chi connectivity index (χ4v) is 2.84. The van der Waals surface area contributed by atoms with Gasteiger partial charge in [-0.25, -0.2) is 0 Å². The molecule has 0 bridgehead atoms. The van der Waals surface area contributed by atoms with Gasteiger partial charge in [-0.05, 0) is 43.2 Å². The third kappa shape index (κ3) is 5.05. The van der Waals surface area contributed by atoms with E-state index in [2.05, 4.69) is 12.2 Å². The van der Waals surface area contributed by atoms with Gasteiger partial charge in [-0.15, -0.1) is 0 Å². The molecule has 1 aliphatic carbocycles. The number of carbonyl (C=O) groups excluding carboxylic acids is 1. The summed E-state index contributed by atoms with van der Waals surface area (Å²) in [6.07, 6.45) is 4.49. The van der Waals surface area contributed by atoms with Gasteiger partial charge in [-0.2, -0.15) is 0 Å². The molecule has 0 saturated heterocycles.